The van der Waals surface area contributed by atoms with E-state index in [0.29, 0.717) is 9.99 Å². The van der Waals surface area contributed by atoms with Crippen LogP contribution in [-0.2, 0) is 19.2 Å². The highest BCUT2D eigenvalue weighted by molar-refractivity contribution is 7.92. The Kier molecular flexibility index (Phi) is 9.29. The molecular formula is C21H29FN4O4S. The fourth-order valence-electron chi connectivity index (χ4n) is 3.81. The first-order valence-electron chi connectivity index (χ1n) is 10.2. The number of nitrogens with zero attached hydrogens (tertiary/aromatic N) is 4. The van der Waals surface area contributed by atoms with Gasteiger partial charge in [0, 0.05) is 45.6 Å². The highest BCUT2D eigenvalue weighted by Crippen LogP contribution is 2.39. The molecule has 2 rings (SSSR count). The molecule has 0 bridgehead atoms. The van der Waals surface area contributed by atoms with Crippen molar-refractivity contribution in [3.05, 3.63) is 18.2 Å². The van der Waals surface area contributed by atoms with Gasteiger partial charge >= 0.3 is 0 Å². The van der Waals surface area contributed by atoms with Crippen LogP contribution in [-0.4, -0.2) is 62.5 Å². The van der Waals surface area contributed by atoms with Crippen LogP contribution in [0.1, 0.15) is 32.6 Å². The maximum absolute atomic E-state index is 12.6. The van der Waals surface area contributed by atoms with Gasteiger partial charge < -0.3 is 19.5 Å². The lowest BCUT2D eigenvalue weighted by Crippen LogP contribution is -2.37. The molecule has 1 unspecified atom stereocenters. The molecule has 170 valence electrons. The summed E-state index contributed by atoms with van der Waals surface area (Å²) in [6.45, 7) is 3.31. The van der Waals surface area contributed by atoms with Gasteiger partial charge in [-0.3, -0.25) is 14.4 Å². The molecule has 1 fully saturated rings. The van der Waals surface area contributed by atoms with Crippen molar-refractivity contribution in [3.63, 3.8) is 0 Å². The van der Waals surface area contributed by atoms with Crippen molar-refractivity contribution in [1.82, 2.24) is 4.31 Å². The standard InChI is InChI=1S/C21H29FN4O4S/c1-16(7-8-20(30)26(15-29)31-22)25(14-28)19-6-4-5-18(21(19)23(2)3)24-11-9-17(13-27)10-12-24/h4-6,13-17H,7-12H2,1-3H3. The number of para-hydroxylation sites is 1. The van der Waals surface area contributed by atoms with Gasteiger partial charge in [0.1, 0.15) is 6.29 Å². The molecule has 1 aromatic rings. The molecule has 31 heavy (non-hydrogen) atoms. The summed E-state index contributed by atoms with van der Waals surface area (Å²) in [7, 11) is 3.80. The summed E-state index contributed by atoms with van der Waals surface area (Å²) >= 11 is -0.435. The van der Waals surface area contributed by atoms with Gasteiger partial charge in [-0.15, -0.1) is 3.89 Å². The number of anilines is 3. The number of amides is 3. The molecule has 1 saturated heterocycles. The number of carbonyl (C=O) groups excluding carboxylic acids is 4. The molecule has 0 N–H and O–H groups in total. The monoisotopic (exact) mass is 452 g/mol. The van der Waals surface area contributed by atoms with E-state index in [4.69, 9.17) is 0 Å². The van der Waals surface area contributed by atoms with Crippen LogP contribution in [0.2, 0.25) is 0 Å². The lowest BCUT2D eigenvalue weighted by atomic mass is 9.97. The maximum Gasteiger partial charge on any atom is 0.241 e. The van der Waals surface area contributed by atoms with E-state index in [-0.39, 0.29) is 31.2 Å². The van der Waals surface area contributed by atoms with Crippen LogP contribution >= 0.6 is 12.3 Å². The molecule has 0 radical (unpaired) electrons. The lowest BCUT2D eigenvalue weighted by Gasteiger charge is -2.37. The molecule has 1 aromatic carbocycles. The number of aldehydes is 1. The maximum atomic E-state index is 12.6. The molecular weight excluding hydrogens is 423 g/mol. The number of carbonyl (C=O) groups is 4. The second-order valence-corrected chi connectivity index (χ2v) is 8.33. The lowest BCUT2D eigenvalue weighted by molar-refractivity contribution is -0.132. The fraction of sp³-hybridized carbons (Fsp3) is 0.524. The van der Waals surface area contributed by atoms with Gasteiger partial charge in [0.15, 0.2) is 12.3 Å². The van der Waals surface area contributed by atoms with Gasteiger partial charge in [0.05, 0.1) is 17.1 Å². The summed E-state index contributed by atoms with van der Waals surface area (Å²) in [4.78, 5) is 51.5. The number of piperidine rings is 1. The van der Waals surface area contributed by atoms with Crippen molar-refractivity contribution < 1.29 is 23.1 Å². The Balaban J connectivity index is 2.26. The number of halogens is 1. The molecule has 1 aliphatic heterocycles. The van der Waals surface area contributed by atoms with E-state index in [1.165, 1.54) is 0 Å². The zero-order chi connectivity index (χ0) is 23.0. The quantitative estimate of drug-likeness (QED) is 0.377. The summed E-state index contributed by atoms with van der Waals surface area (Å²) in [5, 5.41) is 0. The predicted octanol–water partition coefficient (Wildman–Crippen LogP) is 2.82. The summed E-state index contributed by atoms with van der Waals surface area (Å²) in [5.74, 6) is -0.570. The average molecular weight is 453 g/mol. The molecule has 3 amide bonds. The van der Waals surface area contributed by atoms with Gasteiger partial charge in [-0.25, -0.2) is 0 Å². The van der Waals surface area contributed by atoms with E-state index in [1.807, 2.05) is 37.2 Å². The van der Waals surface area contributed by atoms with Crippen LogP contribution in [0.5, 0.6) is 0 Å². The molecule has 10 heteroatoms. The zero-order valence-electron chi connectivity index (χ0n) is 18.1. The van der Waals surface area contributed by atoms with Crippen molar-refractivity contribution in [2.45, 2.75) is 38.6 Å². The van der Waals surface area contributed by atoms with Gasteiger partial charge in [-0.2, -0.15) is 4.31 Å². The molecule has 8 nitrogen and oxygen atoms in total. The first-order chi connectivity index (χ1) is 14.9. The SMILES string of the molecule is CC(CCC(=O)N(C=O)SF)N(C=O)c1cccc(N2CCC(C=O)CC2)c1N(C)C. The van der Waals surface area contributed by atoms with Gasteiger partial charge in [0.25, 0.3) is 0 Å². The van der Waals surface area contributed by atoms with Crippen molar-refractivity contribution in [1.29, 1.82) is 0 Å². The smallest absolute Gasteiger partial charge is 0.241 e. The third-order valence-corrected chi connectivity index (χ3v) is 6.01. The van der Waals surface area contributed by atoms with Crippen molar-refractivity contribution in [2.24, 2.45) is 5.92 Å². The van der Waals surface area contributed by atoms with Crippen LogP contribution < -0.4 is 14.7 Å². The Labute approximate surface area is 186 Å². The second kappa shape index (κ2) is 11.7. The topological polar surface area (TPSA) is 81.2 Å². The van der Waals surface area contributed by atoms with Crippen LogP contribution in [0.3, 0.4) is 0 Å². The first kappa shape index (κ1) is 24.6. The summed E-state index contributed by atoms with van der Waals surface area (Å²) in [5.41, 5.74) is 2.54. The third kappa shape index (κ3) is 5.96. The summed E-state index contributed by atoms with van der Waals surface area (Å²) < 4.78 is 13.0. The second-order valence-electron chi connectivity index (χ2n) is 7.79. The van der Waals surface area contributed by atoms with Crippen molar-refractivity contribution >= 4 is 54.4 Å². The molecule has 1 heterocycles. The molecule has 0 spiro atoms. The van der Waals surface area contributed by atoms with Crippen molar-refractivity contribution in [3.8, 4) is 0 Å². The predicted molar refractivity (Wildman–Crippen MR) is 121 cm³/mol. The van der Waals surface area contributed by atoms with Gasteiger partial charge in [-0.1, -0.05) is 6.07 Å². The van der Waals surface area contributed by atoms with E-state index in [1.54, 1.807) is 11.8 Å². The minimum atomic E-state index is -0.653. The minimum absolute atomic E-state index is 0.0721. The molecule has 0 aromatic heterocycles. The van der Waals surface area contributed by atoms with E-state index < -0.39 is 18.2 Å². The highest BCUT2D eigenvalue weighted by atomic mass is 32.2. The highest BCUT2D eigenvalue weighted by Gasteiger charge is 2.26. The van der Waals surface area contributed by atoms with Crippen LogP contribution in [0, 0.1) is 5.92 Å². The Morgan fingerprint density at radius 1 is 1.23 bits per heavy atom. The fourth-order valence-corrected chi connectivity index (χ4v) is 4.01. The number of rotatable bonds is 11. The molecule has 0 saturated carbocycles. The summed E-state index contributed by atoms with van der Waals surface area (Å²) in [6, 6.07) is 5.37. The van der Waals surface area contributed by atoms with E-state index in [2.05, 4.69) is 4.90 Å². The molecule has 1 atom stereocenters. The Morgan fingerprint density at radius 2 is 1.90 bits per heavy atom. The molecule has 1 aliphatic rings. The summed E-state index contributed by atoms with van der Waals surface area (Å²) in [6.07, 6.45) is 3.65. The van der Waals surface area contributed by atoms with E-state index in [0.717, 1.165) is 50.0 Å². The van der Waals surface area contributed by atoms with Crippen molar-refractivity contribution in [2.75, 3.05) is 41.9 Å². The zero-order valence-corrected chi connectivity index (χ0v) is 18.9. The number of benzene rings is 1. The Hall–Kier alpha value is -2.62. The Morgan fingerprint density at radius 3 is 2.42 bits per heavy atom. The van der Waals surface area contributed by atoms with Crippen LogP contribution in [0.25, 0.3) is 0 Å². The number of hydrogen-bond acceptors (Lipinski definition) is 7. The normalized spacial score (nSPS) is 15.2. The largest absolute Gasteiger partial charge is 0.374 e. The van der Waals surface area contributed by atoms with Gasteiger partial charge in [-0.05, 0) is 38.3 Å². The molecule has 0 aliphatic carbocycles. The minimum Gasteiger partial charge on any atom is -0.374 e. The number of hydrogen-bond donors (Lipinski definition) is 0. The Bertz CT molecular complexity index is 787. The van der Waals surface area contributed by atoms with E-state index in [9.17, 15) is 23.1 Å². The van der Waals surface area contributed by atoms with Crippen LogP contribution in [0.15, 0.2) is 18.2 Å². The average Bonchev–Trinajstić information content (AvgIpc) is 2.78. The van der Waals surface area contributed by atoms with Gasteiger partial charge in [0.2, 0.25) is 18.7 Å². The first-order valence-corrected chi connectivity index (χ1v) is 10.9. The van der Waals surface area contributed by atoms with E-state index >= 15 is 0 Å². The number of imide groups is 1. The third-order valence-electron chi connectivity index (χ3n) is 5.57. The van der Waals surface area contributed by atoms with Crippen LogP contribution in [0.4, 0.5) is 20.9 Å².